The molecular formula is C25H21N3O3. The summed E-state index contributed by atoms with van der Waals surface area (Å²) in [4.78, 5) is 24.9. The van der Waals surface area contributed by atoms with Gasteiger partial charge in [0.25, 0.3) is 5.91 Å². The molecular weight excluding hydrogens is 390 g/mol. The molecule has 0 atom stereocenters. The summed E-state index contributed by atoms with van der Waals surface area (Å²) in [5, 5.41) is 7.33. The highest BCUT2D eigenvalue weighted by atomic mass is 16.5. The molecule has 1 N–H and O–H groups in total. The molecule has 0 bridgehead atoms. The highest BCUT2D eigenvalue weighted by Crippen LogP contribution is 2.22. The SMILES string of the molecule is O=C(COC(=O)c1cc(-c2ccccc2)nn1-c1ccccc1)NCc1ccccc1. The van der Waals surface area contributed by atoms with Crippen LogP contribution in [0.2, 0.25) is 0 Å². The van der Waals surface area contributed by atoms with Crippen molar-refractivity contribution >= 4 is 11.9 Å². The molecule has 31 heavy (non-hydrogen) atoms. The molecule has 6 heteroatoms. The fraction of sp³-hybridized carbons (Fsp3) is 0.0800. The van der Waals surface area contributed by atoms with Gasteiger partial charge in [-0.3, -0.25) is 4.79 Å². The Morgan fingerprint density at radius 2 is 1.45 bits per heavy atom. The summed E-state index contributed by atoms with van der Waals surface area (Å²) < 4.78 is 6.81. The third-order valence-electron chi connectivity index (χ3n) is 4.66. The van der Waals surface area contributed by atoms with Gasteiger partial charge in [-0.25, -0.2) is 9.48 Å². The minimum Gasteiger partial charge on any atom is -0.451 e. The fourth-order valence-corrected chi connectivity index (χ4v) is 3.10. The number of nitrogens with one attached hydrogen (secondary N) is 1. The minimum absolute atomic E-state index is 0.251. The van der Waals surface area contributed by atoms with Crippen molar-refractivity contribution in [1.29, 1.82) is 0 Å². The minimum atomic E-state index is -0.617. The lowest BCUT2D eigenvalue weighted by atomic mass is 10.1. The van der Waals surface area contributed by atoms with E-state index in [1.54, 1.807) is 6.07 Å². The Morgan fingerprint density at radius 1 is 0.839 bits per heavy atom. The molecule has 4 rings (SSSR count). The quantitative estimate of drug-likeness (QED) is 0.466. The summed E-state index contributed by atoms with van der Waals surface area (Å²) in [6.07, 6.45) is 0. The van der Waals surface area contributed by atoms with Gasteiger partial charge in [0.15, 0.2) is 12.3 Å². The number of amides is 1. The molecule has 1 heterocycles. The first kappa shape index (κ1) is 20.1. The van der Waals surface area contributed by atoms with Gasteiger partial charge in [-0.15, -0.1) is 0 Å². The topological polar surface area (TPSA) is 73.2 Å². The standard InChI is InChI=1S/C25H21N3O3/c29-24(26-17-19-10-4-1-5-11-19)18-31-25(30)23-16-22(20-12-6-2-7-13-20)27-28(23)21-14-8-3-9-15-21/h1-16H,17-18H2,(H,26,29). The van der Waals surface area contributed by atoms with E-state index in [0.29, 0.717) is 12.2 Å². The normalized spacial score (nSPS) is 10.5. The first-order valence-electron chi connectivity index (χ1n) is 9.89. The molecule has 3 aromatic carbocycles. The van der Waals surface area contributed by atoms with Crippen molar-refractivity contribution in [2.75, 3.05) is 6.61 Å². The van der Waals surface area contributed by atoms with Gasteiger partial charge in [-0.1, -0.05) is 78.9 Å². The van der Waals surface area contributed by atoms with Crippen LogP contribution < -0.4 is 5.32 Å². The van der Waals surface area contributed by atoms with E-state index < -0.39 is 5.97 Å². The maximum Gasteiger partial charge on any atom is 0.357 e. The monoisotopic (exact) mass is 411 g/mol. The third-order valence-corrected chi connectivity index (χ3v) is 4.66. The number of benzene rings is 3. The third kappa shape index (κ3) is 5.05. The number of aromatic nitrogens is 2. The Morgan fingerprint density at radius 3 is 2.13 bits per heavy atom. The summed E-state index contributed by atoms with van der Waals surface area (Å²) in [7, 11) is 0. The van der Waals surface area contributed by atoms with Crippen LogP contribution in [-0.4, -0.2) is 28.3 Å². The van der Waals surface area contributed by atoms with Crippen LogP contribution >= 0.6 is 0 Å². The van der Waals surface area contributed by atoms with E-state index >= 15 is 0 Å². The van der Waals surface area contributed by atoms with Crippen LogP contribution in [0.5, 0.6) is 0 Å². The predicted molar refractivity (Wildman–Crippen MR) is 118 cm³/mol. The molecule has 0 fully saturated rings. The van der Waals surface area contributed by atoms with Crippen molar-refractivity contribution in [3.8, 4) is 16.9 Å². The van der Waals surface area contributed by atoms with Crippen molar-refractivity contribution < 1.29 is 14.3 Å². The molecule has 1 aromatic heterocycles. The van der Waals surface area contributed by atoms with E-state index in [4.69, 9.17) is 4.74 Å². The van der Waals surface area contributed by atoms with E-state index in [1.165, 1.54) is 4.68 Å². The average Bonchev–Trinajstić information content (AvgIpc) is 3.29. The molecule has 0 aliphatic carbocycles. The maximum absolute atomic E-state index is 12.8. The van der Waals surface area contributed by atoms with E-state index in [9.17, 15) is 9.59 Å². The molecule has 6 nitrogen and oxygen atoms in total. The Hall–Kier alpha value is -4.19. The lowest BCUT2D eigenvalue weighted by molar-refractivity contribution is -0.124. The molecule has 0 spiro atoms. The van der Waals surface area contributed by atoms with Gasteiger partial charge < -0.3 is 10.1 Å². The number of carbonyl (C=O) groups is 2. The van der Waals surface area contributed by atoms with Gasteiger partial charge in [-0.05, 0) is 23.8 Å². The summed E-state index contributed by atoms with van der Waals surface area (Å²) in [6.45, 7) is 0.00361. The van der Waals surface area contributed by atoms with Crippen molar-refractivity contribution in [3.05, 3.63) is 108 Å². The van der Waals surface area contributed by atoms with Gasteiger partial charge in [0.05, 0.1) is 11.4 Å². The number of ether oxygens (including phenoxy) is 1. The van der Waals surface area contributed by atoms with Crippen LogP contribution in [0.15, 0.2) is 97.1 Å². The van der Waals surface area contributed by atoms with Crippen molar-refractivity contribution in [3.63, 3.8) is 0 Å². The summed E-state index contributed by atoms with van der Waals surface area (Å²) in [5.41, 5.74) is 3.47. The average molecular weight is 411 g/mol. The molecule has 0 unspecified atom stereocenters. The Kier molecular flexibility index (Phi) is 6.18. The zero-order chi connectivity index (χ0) is 21.5. The highest BCUT2D eigenvalue weighted by molar-refractivity contribution is 5.91. The molecule has 0 aliphatic rings. The largest absolute Gasteiger partial charge is 0.451 e. The molecule has 0 saturated heterocycles. The van der Waals surface area contributed by atoms with Gasteiger partial charge in [-0.2, -0.15) is 5.10 Å². The van der Waals surface area contributed by atoms with Crippen LogP contribution in [-0.2, 0) is 16.1 Å². The Balaban J connectivity index is 1.49. The smallest absolute Gasteiger partial charge is 0.357 e. The number of hydrogen-bond acceptors (Lipinski definition) is 4. The molecule has 0 radical (unpaired) electrons. The second-order valence-electron chi connectivity index (χ2n) is 6.87. The zero-order valence-corrected chi connectivity index (χ0v) is 16.8. The van der Waals surface area contributed by atoms with Crippen molar-refractivity contribution in [1.82, 2.24) is 15.1 Å². The molecule has 0 saturated carbocycles. The summed E-state index contributed by atoms with van der Waals surface area (Å²) in [6, 6.07) is 30.1. The van der Waals surface area contributed by atoms with E-state index in [2.05, 4.69) is 10.4 Å². The highest BCUT2D eigenvalue weighted by Gasteiger charge is 2.19. The lowest BCUT2D eigenvalue weighted by Gasteiger charge is -2.08. The molecule has 0 aliphatic heterocycles. The number of para-hydroxylation sites is 1. The molecule has 4 aromatic rings. The summed E-state index contributed by atoms with van der Waals surface area (Å²) in [5.74, 6) is -0.986. The summed E-state index contributed by atoms with van der Waals surface area (Å²) >= 11 is 0. The van der Waals surface area contributed by atoms with Gasteiger partial charge >= 0.3 is 5.97 Å². The first-order chi connectivity index (χ1) is 15.2. The van der Waals surface area contributed by atoms with Gasteiger partial charge in [0, 0.05) is 12.1 Å². The Bertz CT molecular complexity index is 1160. The Labute approximate surface area is 180 Å². The van der Waals surface area contributed by atoms with Crippen LogP contribution in [0, 0.1) is 0 Å². The molecule has 1 amide bonds. The number of esters is 1. The van der Waals surface area contributed by atoms with E-state index in [0.717, 1.165) is 16.8 Å². The number of hydrogen-bond donors (Lipinski definition) is 1. The second kappa shape index (κ2) is 9.54. The lowest BCUT2D eigenvalue weighted by Crippen LogP contribution is -2.28. The van der Waals surface area contributed by atoms with Crippen LogP contribution in [0.3, 0.4) is 0 Å². The van der Waals surface area contributed by atoms with Crippen LogP contribution in [0.4, 0.5) is 0 Å². The number of carbonyl (C=O) groups excluding carboxylic acids is 2. The van der Waals surface area contributed by atoms with E-state index in [-0.39, 0.29) is 18.2 Å². The number of nitrogens with zero attached hydrogens (tertiary/aromatic N) is 2. The second-order valence-corrected chi connectivity index (χ2v) is 6.87. The zero-order valence-electron chi connectivity index (χ0n) is 16.8. The predicted octanol–water partition coefficient (Wildman–Crippen LogP) is 4.01. The van der Waals surface area contributed by atoms with Crippen molar-refractivity contribution in [2.24, 2.45) is 0 Å². The van der Waals surface area contributed by atoms with Crippen LogP contribution in [0.25, 0.3) is 16.9 Å². The van der Waals surface area contributed by atoms with Gasteiger partial charge in [0.2, 0.25) is 0 Å². The maximum atomic E-state index is 12.8. The first-order valence-corrected chi connectivity index (χ1v) is 9.89. The fourth-order valence-electron chi connectivity index (χ4n) is 3.10. The number of rotatable bonds is 7. The van der Waals surface area contributed by atoms with Crippen LogP contribution in [0.1, 0.15) is 16.1 Å². The molecule has 154 valence electrons. The van der Waals surface area contributed by atoms with E-state index in [1.807, 2.05) is 91.0 Å². The van der Waals surface area contributed by atoms with Crippen molar-refractivity contribution in [2.45, 2.75) is 6.54 Å². The van der Waals surface area contributed by atoms with Gasteiger partial charge in [0.1, 0.15) is 0 Å².